The van der Waals surface area contributed by atoms with Crippen LogP contribution in [-0.4, -0.2) is 16.1 Å². The highest BCUT2D eigenvalue weighted by molar-refractivity contribution is 9.08. The number of carbonyl (C=O) groups is 1. The van der Waals surface area contributed by atoms with E-state index >= 15 is 0 Å². The lowest BCUT2D eigenvalue weighted by molar-refractivity contribution is 0.0689. The summed E-state index contributed by atoms with van der Waals surface area (Å²) < 4.78 is 25.1. The van der Waals surface area contributed by atoms with Crippen LogP contribution in [-0.2, 0) is 5.33 Å². The Kier molecular flexibility index (Phi) is 3.90. The summed E-state index contributed by atoms with van der Waals surface area (Å²) in [4.78, 5) is 14.2. The number of aromatic nitrogens is 1. The molecular weight excluding hydrogens is 286 g/mol. The molecule has 0 unspecified atom stereocenters. The second-order valence-corrected chi connectivity index (χ2v) is 3.33. The Balaban J connectivity index is 3.48. The number of pyridine rings is 1. The highest BCUT2D eigenvalue weighted by Gasteiger charge is 2.20. The molecule has 0 radical (unpaired) electrons. The molecule has 0 saturated carbocycles. The Hall–Kier alpha value is -1.55. The van der Waals surface area contributed by atoms with Crippen molar-refractivity contribution in [1.82, 2.24) is 4.98 Å². The van der Waals surface area contributed by atoms with Gasteiger partial charge in [-0.3, -0.25) is 0 Å². The number of aromatic carboxylic acids is 1. The third kappa shape index (κ3) is 2.33. The molecule has 84 valence electrons. The standard InChI is InChI=1S/C9H5BrF2N2O2/c10-2-6-5(8(11)12)1-4(3-13)7(14-6)9(15)16/h1,8H,2H2,(H,15,16). The zero-order valence-electron chi connectivity index (χ0n) is 7.75. The van der Waals surface area contributed by atoms with E-state index in [1.165, 1.54) is 6.07 Å². The Bertz CT molecular complexity index is 471. The number of hydrogen-bond donors (Lipinski definition) is 1. The third-order valence-corrected chi connectivity index (χ3v) is 2.35. The minimum atomic E-state index is -2.80. The minimum Gasteiger partial charge on any atom is -0.476 e. The van der Waals surface area contributed by atoms with Crippen molar-refractivity contribution >= 4 is 21.9 Å². The van der Waals surface area contributed by atoms with Gasteiger partial charge in [0.25, 0.3) is 6.43 Å². The van der Waals surface area contributed by atoms with Gasteiger partial charge in [0.15, 0.2) is 5.69 Å². The average Bonchev–Trinajstić information content (AvgIpc) is 2.26. The van der Waals surface area contributed by atoms with Crippen LogP contribution in [0.3, 0.4) is 0 Å². The molecule has 7 heteroatoms. The molecule has 0 fully saturated rings. The molecule has 0 spiro atoms. The summed E-state index contributed by atoms with van der Waals surface area (Å²) in [6.45, 7) is 0. The van der Waals surface area contributed by atoms with Crippen molar-refractivity contribution in [2.45, 2.75) is 11.8 Å². The van der Waals surface area contributed by atoms with Crippen molar-refractivity contribution in [3.63, 3.8) is 0 Å². The van der Waals surface area contributed by atoms with E-state index in [0.717, 1.165) is 6.07 Å². The van der Waals surface area contributed by atoms with Crippen LogP contribution in [0.2, 0.25) is 0 Å². The van der Waals surface area contributed by atoms with Gasteiger partial charge in [-0.15, -0.1) is 0 Å². The van der Waals surface area contributed by atoms with Crippen molar-refractivity contribution in [1.29, 1.82) is 5.26 Å². The van der Waals surface area contributed by atoms with E-state index in [9.17, 15) is 13.6 Å². The summed E-state index contributed by atoms with van der Waals surface area (Å²) >= 11 is 2.93. The van der Waals surface area contributed by atoms with E-state index < -0.39 is 23.7 Å². The summed E-state index contributed by atoms with van der Waals surface area (Å²) in [5.41, 5.74) is -1.39. The van der Waals surface area contributed by atoms with Crippen molar-refractivity contribution in [3.05, 3.63) is 28.6 Å². The van der Waals surface area contributed by atoms with Crippen LogP contribution >= 0.6 is 15.9 Å². The van der Waals surface area contributed by atoms with Crippen molar-refractivity contribution in [2.24, 2.45) is 0 Å². The maximum absolute atomic E-state index is 12.5. The van der Waals surface area contributed by atoms with Crippen molar-refractivity contribution in [2.75, 3.05) is 0 Å². The predicted octanol–water partition coefficient (Wildman–Crippen LogP) is 2.48. The molecule has 1 heterocycles. The van der Waals surface area contributed by atoms with Gasteiger partial charge in [-0.1, -0.05) is 15.9 Å². The van der Waals surface area contributed by atoms with E-state index in [1.807, 2.05) is 0 Å². The molecular formula is C9H5BrF2N2O2. The molecule has 0 saturated heterocycles. The molecule has 16 heavy (non-hydrogen) atoms. The number of nitriles is 1. The lowest BCUT2D eigenvalue weighted by Crippen LogP contribution is -2.09. The van der Waals surface area contributed by atoms with E-state index in [2.05, 4.69) is 20.9 Å². The number of alkyl halides is 3. The summed E-state index contributed by atoms with van der Waals surface area (Å²) in [7, 11) is 0. The van der Waals surface area contributed by atoms with Gasteiger partial charge in [0, 0.05) is 10.9 Å². The topological polar surface area (TPSA) is 74.0 Å². The molecule has 1 aromatic rings. The van der Waals surface area contributed by atoms with E-state index in [-0.39, 0.29) is 16.6 Å². The zero-order chi connectivity index (χ0) is 12.3. The van der Waals surface area contributed by atoms with Gasteiger partial charge in [-0.05, 0) is 6.07 Å². The lowest BCUT2D eigenvalue weighted by atomic mass is 10.1. The molecule has 1 aromatic heterocycles. The van der Waals surface area contributed by atoms with Gasteiger partial charge in [0.05, 0.1) is 11.3 Å². The molecule has 0 aliphatic carbocycles. The van der Waals surface area contributed by atoms with Crippen LogP contribution in [0.4, 0.5) is 8.78 Å². The predicted molar refractivity (Wildman–Crippen MR) is 53.5 cm³/mol. The molecule has 1 N–H and O–H groups in total. The number of nitrogens with zero attached hydrogens (tertiary/aromatic N) is 2. The Labute approximate surface area is 97.7 Å². The lowest BCUT2D eigenvalue weighted by Gasteiger charge is -2.07. The first-order valence-electron chi connectivity index (χ1n) is 4.02. The summed E-state index contributed by atoms with van der Waals surface area (Å²) in [6, 6.07) is 2.39. The highest BCUT2D eigenvalue weighted by atomic mass is 79.9. The maximum Gasteiger partial charge on any atom is 0.355 e. The fourth-order valence-corrected chi connectivity index (χ4v) is 1.56. The number of hydrogen-bond acceptors (Lipinski definition) is 3. The third-order valence-electron chi connectivity index (χ3n) is 1.82. The van der Waals surface area contributed by atoms with Crippen LogP contribution < -0.4 is 0 Å². The van der Waals surface area contributed by atoms with Gasteiger partial charge in [0.1, 0.15) is 6.07 Å². The normalized spacial score (nSPS) is 10.2. The van der Waals surface area contributed by atoms with Gasteiger partial charge >= 0.3 is 5.97 Å². The molecule has 0 atom stereocenters. The molecule has 0 amide bonds. The fraction of sp³-hybridized carbons (Fsp3) is 0.222. The van der Waals surface area contributed by atoms with Crippen LogP contribution in [0.1, 0.15) is 33.7 Å². The van der Waals surface area contributed by atoms with Gasteiger partial charge in [0.2, 0.25) is 0 Å². The molecule has 1 rings (SSSR count). The van der Waals surface area contributed by atoms with E-state index in [1.54, 1.807) is 0 Å². The second-order valence-electron chi connectivity index (χ2n) is 2.77. The van der Waals surface area contributed by atoms with Crippen LogP contribution in [0.25, 0.3) is 0 Å². The zero-order valence-corrected chi connectivity index (χ0v) is 9.33. The first-order chi connectivity index (χ1) is 7.51. The average molecular weight is 291 g/mol. The number of halogens is 3. The van der Waals surface area contributed by atoms with E-state index in [0.29, 0.717) is 0 Å². The van der Waals surface area contributed by atoms with Crippen LogP contribution in [0.15, 0.2) is 6.07 Å². The Morgan fingerprint density at radius 2 is 2.31 bits per heavy atom. The number of rotatable bonds is 3. The van der Waals surface area contributed by atoms with Gasteiger partial charge in [-0.2, -0.15) is 5.26 Å². The second kappa shape index (κ2) is 4.99. The van der Waals surface area contributed by atoms with Gasteiger partial charge < -0.3 is 5.11 Å². The quantitative estimate of drug-likeness (QED) is 0.868. The van der Waals surface area contributed by atoms with Crippen molar-refractivity contribution < 1.29 is 18.7 Å². The number of carboxylic acids is 1. The fourth-order valence-electron chi connectivity index (χ4n) is 1.11. The SMILES string of the molecule is N#Cc1cc(C(F)F)c(CBr)nc1C(=O)O. The number of carboxylic acid groups (broad SMARTS) is 1. The Morgan fingerprint density at radius 1 is 1.69 bits per heavy atom. The monoisotopic (exact) mass is 290 g/mol. The molecule has 0 bridgehead atoms. The summed E-state index contributed by atoms with van der Waals surface area (Å²) in [6.07, 6.45) is -2.80. The highest BCUT2D eigenvalue weighted by Crippen LogP contribution is 2.25. The largest absolute Gasteiger partial charge is 0.476 e. The summed E-state index contributed by atoms with van der Waals surface area (Å²) in [5.74, 6) is -1.42. The Morgan fingerprint density at radius 3 is 2.69 bits per heavy atom. The van der Waals surface area contributed by atoms with Gasteiger partial charge in [-0.25, -0.2) is 18.6 Å². The van der Waals surface area contributed by atoms with Crippen LogP contribution in [0, 0.1) is 11.3 Å². The smallest absolute Gasteiger partial charge is 0.355 e. The first kappa shape index (κ1) is 12.5. The van der Waals surface area contributed by atoms with Crippen molar-refractivity contribution in [3.8, 4) is 6.07 Å². The minimum absolute atomic E-state index is 0.00133. The maximum atomic E-state index is 12.5. The first-order valence-corrected chi connectivity index (χ1v) is 5.14. The molecule has 4 nitrogen and oxygen atoms in total. The molecule has 0 aliphatic heterocycles. The molecule has 0 aliphatic rings. The van der Waals surface area contributed by atoms with Crippen LogP contribution in [0.5, 0.6) is 0 Å². The summed E-state index contributed by atoms with van der Waals surface area (Å²) in [5, 5.41) is 17.4. The molecule has 0 aromatic carbocycles. The van der Waals surface area contributed by atoms with E-state index in [4.69, 9.17) is 10.4 Å².